The van der Waals surface area contributed by atoms with E-state index in [1.54, 1.807) is 7.11 Å². The first-order valence-corrected chi connectivity index (χ1v) is 6.41. The fraction of sp³-hybridized carbons (Fsp3) is 0.462. The summed E-state index contributed by atoms with van der Waals surface area (Å²) in [5.74, 6) is -2.54. The van der Waals surface area contributed by atoms with E-state index in [1.807, 2.05) is 0 Å². The summed E-state index contributed by atoms with van der Waals surface area (Å²) in [5, 5.41) is 22.4. The number of carbonyl (C=O) groups is 1. The van der Waals surface area contributed by atoms with E-state index < -0.39 is 28.0 Å². The predicted molar refractivity (Wildman–Crippen MR) is 74.2 cm³/mol. The van der Waals surface area contributed by atoms with Crippen LogP contribution in [0.4, 0.5) is 15.8 Å². The van der Waals surface area contributed by atoms with Gasteiger partial charge in [0.2, 0.25) is 0 Å². The van der Waals surface area contributed by atoms with Gasteiger partial charge in [-0.15, -0.1) is 0 Å². The van der Waals surface area contributed by atoms with Crippen molar-refractivity contribution in [3.63, 3.8) is 0 Å². The van der Waals surface area contributed by atoms with Crippen molar-refractivity contribution in [2.45, 2.75) is 19.3 Å². The Bertz CT molecular complexity index is 522. The molecule has 0 spiro atoms. The lowest BCUT2D eigenvalue weighted by Crippen LogP contribution is -2.08. The van der Waals surface area contributed by atoms with E-state index in [9.17, 15) is 19.3 Å². The highest BCUT2D eigenvalue weighted by molar-refractivity contribution is 5.90. The van der Waals surface area contributed by atoms with Crippen LogP contribution in [0.1, 0.15) is 29.6 Å². The maximum absolute atomic E-state index is 13.6. The molecular weight excluding hydrogens is 283 g/mol. The molecule has 1 rings (SSSR count). The molecule has 0 unspecified atom stereocenters. The number of benzene rings is 1. The van der Waals surface area contributed by atoms with Gasteiger partial charge in [0, 0.05) is 32.4 Å². The van der Waals surface area contributed by atoms with Crippen molar-refractivity contribution in [2.75, 3.05) is 25.6 Å². The molecule has 0 aromatic heterocycles. The number of halogens is 1. The summed E-state index contributed by atoms with van der Waals surface area (Å²) in [4.78, 5) is 21.0. The van der Waals surface area contributed by atoms with E-state index in [0.29, 0.717) is 13.2 Å². The van der Waals surface area contributed by atoms with Crippen molar-refractivity contribution in [1.29, 1.82) is 0 Å². The van der Waals surface area contributed by atoms with Crippen LogP contribution >= 0.6 is 0 Å². The Hall–Kier alpha value is -2.22. The number of nitro groups is 1. The summed E-state index contributed by atoms with van der Waals surface area (Å²) in [6.07, 6.45) is 2.47. The lowest BCUT2D eigenvalue weighted by Gasteiger charge is -2.08. The van der Waals surface area contributed by atoms with Gasteiger partial charge in [-0.25, -0.2) is 9.18 Å². The number of hydrogen-bond acceptors (Lipinski definition) is 5. The van der Waals surface area contributed by atoms with Crippen LogP contribution in [-0.2, 0) is 4.74 Å². The summed E-state index contributed by atoms with van der Waals surface area (Å²) < 4.78 is 18.5. The summed E-state index contributed by atoms with van der Waals surface area (Å²) in [6, 6.07) is 1.57. The second-order valence-electron chi connectivity index (χ2n) is 4.39. The van der Waals surface area contributed by atoms with Gasteiger partial charge in [0.25, 0.3) is 5.69 Å². The molecular formula is C13H17FN2O5. The molecule has 8 heteroatoms. The fourth-order valence-corrected chi connectivity index (χ4v) is 1.79. The van der Waals surface area contributed by atoms with E-state index >= 15 is 0 Å². The quantitative estimate of drug-likeness (QED) is 0.413. The molecule has 7 nitrogen and oxygen atoms in total. The highest BCUT2D eigenvalue weighted by atomic mass is 19.1. The van der Waals surface area contributed by atoms with Crippen LogP contribution in [0.5, 0.6) is 0 Å². The zero-order chi connectivity index (χ0) is 15.8. The summed E-state index contributed by atoms with van der Waals surface area (Å²) >= 11 is 0. The van der Waals surface area contributed by atoms with Crippen LogP contribution in [0.2, 0.25) is 0 Å². The van der Waals surface area contributed by atoms with Crippen molar-refractivity contribution in [3.05, 3.63) is 33.6 Å². The Morgan fingerprint density at radius 2 is 2.14 bits per heavy atom. The average Bonchev–Trinajstić information content (AvgIpc) is 2.42. The van der Waals surface area contributed by atoms with E-state index in [0.717, 1.165) is 31.4 Å². The second kappa shape index (κ2) is 8.15. The molecule has 0 aliphatic rings. The van der Waals surface area contributed by atoms with Gasteiger partial charge in [0.15, 0.2) is 0 Å². The maximum Gasteiger partial charge on any atom is 0.338 e. The maximum atomic E-state index is 13.6. The third-order valence-corrected chi connectivity index (χ3v) is 2.85. The normalized spacial score (nSPS) is 10.4. The smallest absolute Gasteiger partial charge is 0.338 e. The second-order valence-corrected chi connectivity index (χ2v) is 4.39. The first-order chi connectivity index (χ1) is 9.97. The highest BCUT2D eigenvalue weighted by Gasteiger charge is 2.21. The number of ether oxygens (including phenoxy) is 1. The van der Waals surface area contributed by atoms with Crippen molar-refractivity contribution in [1.82, 2.24) is 0 Å². The number of aromatic carboxylic acids is 1. The molecule has 0 atom stereocenters. The molecule has 0 saturated carbocycles. The molecule has 0 amide bonds. The zero-order valence-electron chi connectivity index (χ0n) is 11.6. The molecule has 0 aliphatic carbocycles. The number of carboxylic acid groups (broad SMARTS) is 1. The molecule has 0 radical (unpaired) electrons. The van der Waals surface area contributed by atoms with Gasteiger partial charge < -0.3 is 15.2 Å². The lowest BCUT2D eigenvalue weighted by atomic mass is 10.1. The van der Waals surface area contributed by atoms with E-state index in [-0.39, 0.29) is 5.69 Å². The Morgan fingerprint density at radius 3 is 2.71 bits per heavy atom. The Kier molecular flexibility index (Phi) is 6.54. The van der Waals surface area contributed by atoms with Crippen LogP contribution < -0.4 is 5.32 Å². The minimum Gasteiger partial charge on any atom is -0.478 e. The molecule has 0 heterocycles. The molecule has 2 N–H and O–H groups in total. The third-order valence-electron chi connectivity index (χ3n) is 2.85. The number of hydrogen-bond donors (Lipinski definition) is 2. The monoisotopic (exact) mass is 300 g/mol. The van der Waals surface area contributed by atoms with E-state index in [2.05, 4.69) is 5.32 Å². The van der Waals surface area contributed by atoms with Gasteiger partial charge in [-0.3, -0.25) is 10.1 Å². The molecule has 0 bridgehead atoms. The highest BCUT2D eigenvalue weighted by Crippen LogP contribution is 2.28. The molecule has 0 aliphatic heterocycles. The van der Waals surface area contributed by atoms with Crippen LogP contribution in [0.3, 0.4) is 0 Å². The van der Waals surface area contributed by atoms with Crippen LogP contribution in [0.25, 0.3) is 0 Å². The average molecular weight is 300 g/mol. The molecule has 1 aromatic carbocycles. The predicted octanol–water partition coefficient (Wildman–Crippen LogP) is 2.66. The number of unbranched alkanes of at least 4 members (excludes halogenated alkanes) is 2. The Balaban J connectivity index is 2.74. The van der Waals surface area contributed by atoms with Crippen LogP contribution in [0.15, 0.2) is 12.1 Å². The molecule has 0 saturated heterocycles. The third kappa shape index (κ3) is 4.99. The number of nitro benzene ring substituents is 1. The topological polar surface area (TPSA) is 102 Å². The molecule has 116 valence electrons. The zero-order valence-corrected chi connectivity index (χ0v) is 11.6. The Labute approximate surface area is 120 Å². The van der Waals surface area contributed by atoms with Gasteiger partial charge >= 0.3 is 5.97 Å². The number of carboxylic acids is 1. The fourth-order valence-electron chi connectivity index (χ4n) is 1.79. The SMILES string of the molecule is COCCCCCNc1cc(F)c(C(=O)O)cc1[N+](=O)[O-]. The van der Waals surface area contributed by atoms with Crippen molar-refractivity contribution < 1.29 is 24.0 Å². The van der Waals surface area contributed by atoms with Gasteiger partial charge in [0.05, 0.1) is 4.92 Å². The van der Waals surface area contributed by atoms with E-state index in [4.69, 9.17) is 9.84 Å². The number of rotatable bonds is 9. The number of anilines is 1. The van der Waals surface area contributed by atoms with Gasteiger partial charge in [-0.1, -0.05) is 0 Å². The molecule has 0 fully saturated rings. The van der Waals surface area contributed by atoms with Crippen molar-refractivity contribution in [2.24, 2.45) is 0 Å². The summed E-state index contributed by atoms with van der Waals surface area (Å²) in [6.45, 7) is 1.07. The van der Waals surface area contributed by atoms with Gasteiger partial charge in [-0.2, -0.15) is 0 Å². The largest absolute Gasteiger partial charge is 0.478 e. The van der Waals surface area contributed by atoms with Crippen molar-refractivity contribution >= 4 is 17.3 Å². The summed E-state index contributed by atoms with van der Waals surface area (Å²) in [5.41, 5.74) is -1.19. The van der Waals surface area contributed by atoms with Crippen molar-refractivity contribution in [3.8, 4) is 0 Å². The van der Waals surface area contributed by atoms with E-state index in [1.165, 1.54) is 0 Å². The van der Waals surface area contributed by atoms with Crippen LogP contribution in [-0.4, -0.2) is 36.3 Å². The minimum atomic E-state index is -1.54. The minimum absolute atomic E-state index is 0.0192. The first kappa shape index (κ1) is 16.8. The number of methoxy groups -OCH3 is 1. The Morgan fingerprint density at radius 1 is 1.43 bits per heavy atom. The molecule has 21 heavy (non-hydrogen) atoms. The van der Waals surface area contributed by atoms with Gasteiger partial charge in [0.1, 0.15) is 17.1 Å². The first-order valence-electron chi connectivity index (χ1n) is 6.41. The standard InChI is InChI=1S/C13H17FN2O5/c1-21-6-4-2-3-5-15-11-8-10(14)9(13(17)18)7-12(11)16(19)20/h7-8,15H,2-6H2,1H3,(H,17,18). The van der Waals surface area contributed by atoms with Gasteiger partial charge in [-0.05, 0) is 19.3 Å². The molecule has 1 aromatic rings. The van der Waals surface area contributed by atoms with Crippen LogP contribution in [0, 0.1) is 15.9 Å². The lowest BCUT2D eigenvalue weighted by molar-refractivity contribution is -0.384. The number of nitrogens with one attached hydrogen (secondary N) is 1. The number of nitrogens with zero attached hydrogens (tertiary/aromatic N) is 1. The summed E-state index contributed by atoms with van der Waals surface area (Å²) in [7, 11) is 1.61.